The molecule has 0 atom stereocenters. The number of halogens is 2. The summed E-state index contributed by atoms with van der Waals surface area (Å²) >= 11 is 5.86. The molecule has 0 radical (unpaired) electrons. The van der Waals surface area contributed by atoms with Gasteiger partial charge < -0.3 is 9.47 Å². The smallest absolute Gasteiger partial charge is 0.138 e. The maximum Gasteiger partial charge on any atom is 0.138 e. The van der Waals surface area contributed by atoms with Gasteiger partial charge in [-0.25, -0.2) is 4.39 Å². The van der Waals surface area contributed by atoms with Gasteiger partial charge in [-0.3, -0.25) is 0 Å². The van der Waals surface area contributed by atoms with E-state index in [9.17, 15) is 4.39 Å². The third kappa shape index (κ3) is 3.19. The highest BCUT2D eigenvalue weighted by Crippen LogP contribution is 2.26. The summed E-state index contributed by atoms with van der Waals surface area (Å²) in [7, 11) is 1.50. The number of hydrogen-bond donors (Lipinski definition) is 0. The highest BCUT2D eigenvalue weighted by atomic mass is 35.5. The van der Waals surface area contributed by atoms with Crippen molar-refractivity contribution in [1.82, 2.24) is 0 Å². The van der Waals surface area contributed by atoms with Crippen LogP contribution in [0.1, 0.15) is 11.1 Å². The van der Waals surface area contributed by atoms with Crippen molar-refractivity contribution in [2.24, 2.45) is 0 Å². The predicted molar refractivity (Wildman–Crippen MR) is 73.5 cm³/mol. The van der Waals surface area contributed by atoms with Crippen molar-refractivity contribution < 1.29 is 13.9 Å². The number of nitrogens with zero attached hydrogens (tertiary/aromatic N) is 1. The van der Waals surface area contributed by atoms with Crippen LogP contribution in [-0.4, -0.2) is 7.11 Å². The SMILES string of the molecule is COc1ccc(COc2ccc(F)cc2Cl)cc1C#N. The molecule has 0 unspecified atom stereocenters. The van der Waals surface area contributed by atoms with E-state index in [0.29, 0.717) is 17.1 Å². The standard InChI is InChI=1S/C15H11ClFNO2/c1-19-14-4-2-10(6-11(14)8-18)9-20-15-5-3-12(17)7-13(15)16/h2-7H,9H2,1H3. The molecule has 3 nitrogen and oxygen atoms in total. The van der Waals surface area contributed by atoms with Gasteiger partial charge in [-0.05, 0) is 35.9 Å². The first-order valence-electron chi connectivity index (χ1n) is 5.79. The third-order valence-corrected chi connectivity index (χ3v) is 2.97. The Morgan fingerprint density at radius 3 is 2.60 bits per heavy atom. The monoisotopic (exact) mass is 291 g/mol. The molecule has 0 aliphatic heterocycles. The Hall–Kier alpha value is -2.25. The van der Waals surface area contributed by atoms with Crippen LogP contribution in [0.25, 0.3) is 0 Å². The topological polar surface area (TPSA) is 42.2 Å². The van der Waals surface area contributed by atoms with Crippen LogP contribution in [0.5, 0.6) is 11.5 Å². The summed E-state index contributed by atoms with van der Waals surface area (Å²) in [6, 6.07) is 11.1. The van der Waals surface area contributed by atoms with Crippen LogP contribution >= 0.6 is 11.6 Å². The number of benzene rings is 2. The maximum atomic E-state index is 12.9. The fraction of sp³-hybridized carbons (Fsp3) is 0.133. The molecular weight excluding hydrogens is 281 g/mol. The van der Waals surface area contributed by atoms with Crippen LogP contribution < -0.4 is 9.47 Å². The second-order valence-corrected chi connectivity index (χ2v) is 4.42. The van der Waals surface area contributed by atoms with Gasteiger partial charge in [0.1, 0.15) is 30.0 Å². The molecule has 0 heterocycles. The van der Waals surface area contributed by atoms with Crippen molar-refractivity contribution in [3.63, 3.8) is 0 Å². The van der Waals surface area contributed by atoms with Crippen LogP contribution in [0.2, 0.25) is 5.02 Å². The highest BCUT2D eigenvalue weighted by Gasteiger charge is 2.06. The Kier molecular flexibility index (Phi) is 4.44. The summed E-state index contributed by atoms with van der Waals surface area (Å²) in [5.74, 6) is 0.483. The fourth-order valence-corrected chi connectivity index (χ4v) is 1.91. The lowest BCUT2D eigenvalue weighted by Crippen LogP contribution is -1.98. The molecule has 20 heavy (non-hydrogen) atoms. The van der Waals surface area contributed by atoms with Gasteiger partial charge in [0.25, 0.3) is 0 Å². The van der Waals surface area contributed by atoms with Crippen molar-refractivity contribution >= 4 is 11.6 Å². The first-order chi connectivity index (χ1) is 9.63. The number of hydrogen-bond acceptors (Lipinski definition) is 3. The van der Waals surface area contributed by atoms with E-state index < -0.39 is 5.82 Å². The van der Waals surface area contributed by atoms with Crippen molar-refractivity contribution in [1.29, 1.82) is 5.26 Å². The summed E-state index contributed by atoms with van der Waals surface area (Å²) in [5.41, 5.74) is 1.22. The molecule has 0 aliphatic carbocycles. The fourth-order valence-electron chi connectivity index (χ4n) is 1.69. The average Bonchev–Trinajstić information content (AvgIpc) is 2.46. The lowest BCUT2D eigenvalue weighted by molar-refractivity contribution is 0.305. The van der Waals surface area contributed by atoms with E-state index in [1.54, 1.807) is 18.2 Å². The molecule has 5 heteroatoms. The van der Waals surface area contributed by atoms with E-state index in [0.717, 1.165) is 5.56 Å². The average molecular weight is 292 g/mol. The molecule has 0 saturated carbocycles. The first kappa shape index (κ1) is 14.2. The summed E-state index contributed by atoms with van der Waals surface area (Å²) in [5, 5.41) is 9.21. The number of rotatable bonds is 4. The molecule has 2 rings (SSSR count). The van der Waals surface area contributed by atoms with E-state index in [1.165, 1.54) is 25.3 Å². The zero-order valence-electron chi connectivity index (χ0n) is 10.7. The molecule has 0 saturated heterocycles. The zero-order chi connectivity index (χ0) is 14.5. The molecule has 0 spiro atoms. The minimum absolute atomic E-state index is 0.207. The molecule has 0 aromatic heterocycles. The summed E-state index contributed by atoms with van der Waals surface area (Å²) in [6.07, 6.45) is 0. The summed E-state index contributed by atoms with van der Waals surface area (Å²) in [6.45, 7) is 0.226. The van der Waals surface area contributed by atoms with Gasteiger partial charge in [-0.2, -0.15) is 5.26 Å². The van der Waals surface area contributed by atoms with Gasteiger partial charge in [0, 0.05) is 0 Å². The largest absolute Gasteiger partial charge is 0.495 e. The molecule has 0 N–H and O–H groups in total. The van der Waals surface area contributed by atoms with Crippen molar-refractivity contribution in [3.8, 4) is 17.6 Å². The number of methoxy groups -OCH3 is 1. The van der Waals surface area contributed by atoms with E-state index in [-0.39, 0.29) is 11.6 Å². The summed E-state index contributed by atoms with van der Waals surface area (Å²) in [4.78, 5) is 0. The number of nitriles is 1. The van der Waals surface area contributed by atoms with Crippen LogP contribution in [0.15, 0.2) is 36.4 Å². The Labute approximate surface area is 121 Å². The lowest BCUT2D eigenvalue weighted by Gasteiger charge is -2.09. The van der Waals surface area contributed by atoms with E-state index in [2.05, 4.69) is 0 Å². The summed E-state index contributed by atoms with van der Waals surface area (Å²) < 4.78 is 23.5. The van der Waals surface area contributed by atoms with E-state index in [1.807, 2.05) is 6.07 Å². The van der Waals surface area contributed by atoms with Crippen LogP contribution in [-0.2, 0) is 6.61 Å². The Balaban J connectivity index is 2.13. The predicted octanol–water partition coefficient (Wildman–Crippen LogP) is 3.94. The molecule has 102 valence electrons. The van der Waals surface area contributed by atoms with Gasteiger partial charge in [0.2, 0.25) is 0 Å². The second-order valence-electron chi connectivity index (χ2n) is 4.01. The van der Waals surface area contributed by atoms with Crippen LogP contribution in [0, 0.1) is 17.1 Å². The Bertz CT molecular complexity index is 667. The van der Waals surface area contributed by atoms with Crippen molar-refractivity contribution in [2.75, 3.05) is 7.11 Å². The minimum atomic E-state index is -0.418. The first-order valence-corrected chi connectivity index (χ1v) is 6.16. The molecule has 2 aromatic rings. The van der Waals surface area contributed by atoms with Gasteiger partial charge in [-0.15, -0.1) is 0 Å². The second kappa shape index (κ2) is 6.27. The van der Waals surface area contributed by atoms with Gasteiger partial charge >= 0.3 is 0 Å². The highest BCUT2D eigenvalue weighted by molar-refractivity contribution is 6.32. The normalized spacial score (nSPS) is 9.90. The minimum Gasteiger partial charge on any atom is -0.495 e. The van der Waals surface area contributed by atoms with Gasteiger partial charge in [0.05, 0.1) is 17.7 Å². The number of ether oxygens (including phenoxy) is 2. The zero-order valence-corrected chi connectivity index (χ0v) is 11.4. The lowest BCUT2D eigenvalue weighted by atomic mass is 10.1. The molecule has 0 fully saturated rings. The van der Waals surface area contributed by atoms with E-state index >= 15 is 0 Å². The molecule has 0 aliphatic rings. The van der Waals surface area contributed by atoms with Crippen LogP contribution in [0.3, 0.4) is 0 Å². The Morgan fingerprint density at radius 1 is 1.20 bits per heavy atom. The molecule has 2 aromatic carbocycles. The van der Waals surface area contributed by atoms with Crippen LogP contribution in [0.4, 0.5) is 4.39 Å². The van der Waals surface area contributed by atoms with Gasteiger partial charge in [-0.1, -0.05) is 17.7 Å². The van der Waals surface area contributed by atoms with Gasteiger partial charge in [0.15, 0.2) is 0 Å². The van der Waals surface area contributed by atoms with Crippen molar-refractivity contribution in [2.45, 2.75) is 6.61 Å². The molecule has 0 bridgehead atoms. The Morgan fingerprint density at radius 2 is 1.95 bits per heavy atom. The molecule has 0 amide bonds. The molecular formula is C15H11ClFNO2. The van der Waals surface area contributed by atoms with Crippen molar-refractivity contribution in [3.05, 3.63) is 58.4 Å². The maximum absolute atomic E-state index is 12.9. The third-order valence-electron chi connectivity index (χ3n) is 2.67. The van der Waals surface area contributed by atoms with E-state index in [4.69, 9.17) is 26.3 Å². The quantitative estimate of drug-likeness (QED) is 0.857.